The van der Waals surface area contributed by atoms with Gasteiger partial charge in [0.15, 0.2) is 0 Å². The lowest BCUT2D eigenvalue weighted by Crippen LogP contribution is -2.27. The van der Waals surface area contributed by atoms with Crippen molar-refractivity contribution in [2.24, 2.45) is 0 Å². The van der Waals surface area contributed by atoms with Crippen LogP contribution in [0.2, 0.25) is 0 Å². The number of imidazole rings is 1. The Morgan fingerprint density at radius 3 is 2.88 bits per heavy atom. The topological polar surface area (TPSA) is 70.6 Å². The Bertz CT molecular complexity index is 955. The number of aromatic nitrogens is 2. The summed E-state index contributed by atoms with van der Waals surface area (Å²) in [5.41, 5.74) is 3.18. The summed E-state index contributed by atoms with van der Waals surface area (Å²) in [6.07, 6.45) is 3.85. The van der Waals surface area contributed by atoms with Gasteiger partial charge >= 0.3 is 0 Å². The average Bonchev–Trinajstić information content (AvgIpc) is 3.04. The summed E-state index contributed by atoms with van der Waals surface area (Å²) in [5, 5.41) is 8.76. The highest BCUT2D eigenvalue weighted by molar-refractivity contribution is 5.96. The van der Waals surface area contributed by atoms with Gasteiger partial charge in [-0.15, -0.1) is 0 Å². The molecule has 0 aliphatic rings. The van der Waals surface area contributed by atoms with Crippen LogP contribution in [0.5, 0.6) is 5.75 Å². The zero-order valence-corrected chi connectivity index (χ0v) is 14.1. The molecule has 25 heavy (non-hydrogen) atoms. The number of hydrogen-bond acceptors (Lipinski definition) is 4. The van der Waals surface area contributed by atoms with Gasteiger partial charge < -0.3 is 14.0 Å². The first kappa shape index (κ1) is 16.5. The number of para-hydroxylation sites is 1. The van der Waals surface area contributed by atoms with Crippen molar-refractivity contribution in [1.29, 1.82) is 5.26 Å². The Hall–Kier alpha value is -3.33. The number of carbonyl (C=O) groups is 1. The van der Waals surface area contributed by atoms with Crippen LogP contribution >= 0.6 is 0 Å². The van der Waals surface area contributed by atoms with Crippen LogP contribution in [0.1, 0.15) is 21.6 Å². The highest BCUT2D eigenvalue weighted by Gasteiger charge is 2.16. The number of fused-ring (bicyclic) bond motifs is 1. The van der Waals surface area contributed by atoms with E-state index in [4.69, 9.17) is 10.00 Å². The number of hydrogen-bond donors (Lipinski definition) is 0. The van der Waals surface area contributed by atoms with Gasteiger partial charge in [0.1, 0.15) is 24.5 Å². The van der Waals surface area contributed by atoms with E-state index in [0.29, 0.717) is 11.3 Å². The first-order valence-electron chi connectivity index (χ1n) is 7.87. The first-order valence-corrected chi connectivity index (χ1v) is 7.87. The Morgan fingerprint density at radius 2 is 2.12 bits per heavy atom. The van der Waals surface area contributed by atoms with Crippen molar-refractivity contribution in [3.05, 3.63) is 65.6 Å². The molecule has 1 aromatic carbocycles. The van der Waals surface area contributed by atoms with E-state index in [2.05, 4.69) is 4.98 Å². The second kappa shape index (κ2) is 7.05. The average molecular weight is 334 g/mol. The maximum atomic E-state index is 12.4. The van der Waals surface area contributed by atoms with E-state index in [0.717, 1.165) is 16.9 Å². The molecule has 0 atom stereocenters. The van der Waals surface area contributed by atoms with E-state index in [1.165, 1.54) is 4.90 Å². The van der Waals surface area contributed by atoms with Crippen LogP contribution in [0.3, 0.4) is 0 Å². The molecule has 126 valence electrons. The predicted molar refractivity (Wildman–Crippen MR) is 93.3 cm³/mol. The van der Waals surface area contributed by atoms with E-state index in [-0.39, 0.29) is 19.1 Å². The van der Waals surface area contributed by atoms with E-state index in [1.807, 2.05) is 48.0 Å². The highest BCUT2D eigenvalue weighted by atomic mass is 16.5. The van der Waals surface area contributed by atoms with Gasteiger partial charge in [0.25, 0.3) is 5.91 Å². The van der Waals surface area contributed by atoms with Crippen molar-refractivity contribution < 1.29 is 9.53 Å². The molecule has 0 aliphatic carbocycles. The van der Waals surface area contributed by atoms with Gasteiger partial charge in [-0.25, -0.2) is 4.98 Å². The Balaban J connectivity index is 1.80. The molecule has 0 spiro atoms. The smallest absolute Gasteiger partial charge is 0.258 e. The summed E-state index contributed by atoms with van der Waals surface area (Å²) in [5.74, 6) is 0.231. The van der Waals surface area contributed by atoms with Crippen LogP contribution in [0, 0.1) is 18.3 Å². The molecule has 0 N–H and O–H groups in total. The highest BCUT2D eigenvalue weighted by Crippen LogP contribution is 2.21. The lowest BCUT2D eigenvalue weighted by atomic mass is 10.2. The summed E-state index contributed by atoms with van der Waals surface area (Å²) < 4.78 is 7.79. The van der Waals surface area contributed by atoms with Crippen molar-refractivity contribution in [3.63, 3.8) is 0 Å². The van der Waals surface area contributed by atoms with Gasteiger partial charge in [-0.2, -0.15) is 5.26 Å². The number of ether oxygens (including phenoxy) is 1. The number of benzene rings is 1. The zero-order chi connectivity index (χ0) is 17.8. The van der Waals surface area contributed by atoms with Crippen molar-refractivity contribution in [1.82, 2.24) is 14.3 Å². The molecule has 2 heterocycles. The Morgan fingerprint density at radius 1 is 1.32 bits per heavy atom. The molecule has 0 aliphatic heterocycles. The molecule has 0 radical (unpaired) electrons. The molecular formula is C19H18N4O2. The maximum Gasteiger partial charge on any atom is 0.258 e. The van der Waals surface area contributed by atoms with Gasteiger partial charge in [-0.1, -0.05) is 18.2 Å². The minimum Gasteiger partial charge on any atom is -0.486 e. The Labute approximate surface area is 145 Å². The Kier molecular flexibility index (Phi) is 4.66. The number of amides is 1. The molecule has 0 bridgehead atoms. The molecule has 0 unspecified atom stereocenters. The molecular weight excluding hydrogens is 316 g/mol. The number of carbonyl (C=O) groups excluding carboxylic acids is 1. The largest absolute Gasteiger partial charge is 0.486 e. The van der Waals surface area contributed by atoms with Crippen molar-refractivity contribution in [2.45, 2.75) is 13.5 Å². The lowest BCUT2D eigenvalue weighted by molar-refractivity contribution is 0.0807. The first-order chi connectivity index (χ1) is 12.1. The quantitative estimate of drug-likeness (QED) is 0.673. The second-order valence-corrected chi connectivity index (χ2v) is 5.76. The molecule has 0 saturated carbocycles. The van der Waals surface area contributed by atoms with E-state index >= 15 is 0 Å². The van der Waals surface area contributed by atoms with Gasteiger partial charge in [-0.05, 0) is 30.7 Å². The lowest BCUT2D eigenvalue weighted by Gasteiger charge is -2.16. The van der Waals surface area contributed by atoms with Crippen LogP contribution in [-0.4, -0.2) is 33.8 Å². The molecule has 3 aromatic rings. The number of rotatable bonds is 5. The zero-order valence-electron chi connectivity index (χ0n) is 14.1. The predicted octanol–water partition coefficient (Wildman–Crippen LogP) is 2.82. The normalized spacial score (nSPS) is 10.4. The molecule has 2 aromatic heterocycles. The van der Waals surface area contributed by atoms with Crippen molar-refractivity contribution in [2.75, 3.05) is 13.6 Å². The third-order valence-corrected chi connectivity index (χ3v) is 3.88. The van der Waals surface area contributed by atoms with Crippen LogP contribution in [0.25, 0.3) is 5.65 Å². The second-order valence-electron chi connectivity index (χ2n) is 5.76. The number of pyridine rings is 1. The summed E-state index contributed by atoms with van der Waals surface area (Å²) in [6.45, 7) is 2.29. The minimum absolute atomic E-state index is 0.0267. The minimum atomic E-state index is -0.247. The summed E-state index contributed by atoms with van der Waals surface area (Å²) in [4.78, 5) is 18.4. The van der Waals surface area contributed by atoms with Gasteiger partial charge in [-0.3, -0.25) is 4.79 Å². The van der Waals surface area contributed by atoms with Crippen LogP contribution in [-0.2, 0) is 6.61 Å². The van der Waals surface area contributed by atoms with Crippen LogP contribution < -0.4 is 4.74 Å². The van der Waals surface area contributed by atoms with Gasteiger partial charge in [0.2, 0.25) is 0 Å². The number of nitriles is 1. The molecule has 0 saturated heterocycles. The number of aryl methyl sites for hydroxylation is 1. The summed E-state index contributed by atoms with van der Waals surface area (Å²) in [6, 6.07) is 13.0. The standard InChI is InChI=1S/C19H18N4O2/c1-14-6-5-10-23-12-15(21-18(14)23)13-25-17-8-4-3-7-16(17)19(24)22(2)11-9-20/h3-8,10,12H,11,13H2,1-2H3. The maximum absolute atomic E-state index is 12.4. The summed E-state index contributed by atoms with van der Waals surface area (Å²) in [7, 11) is 1.59. The van der Waals surface area contributed by atoms with Crippen LogP contribution in [0.4, 0.5) is 0 Å². The molecule has 6 heteroatoms. The van der Waals surface area contributed by atoms with Crippen molar-refractivity contribution in [3.8, 4) is 11.8 Å². The monoisotopic (exact) mass is 334 g/mol. The van der Waals surface area contributed by atoms with Crippen LogP contribution in [0.15, 0.2) is 48.8 Å². The van der Waals surface area contributed by atoms with Gasteiger partial charge in [0, 0.05) is 19.4 Å². The fourth-order valence-electron chi connectivity index (χ4n) is 2.58. The molecule has 3 rings (SSSR count). The molecule has 1 amide bonds. The SMILES string of the molecule is Cc1cccn2cc(COc3ccccc3C(=O)N(C)CC#N)nc12. The molecule has 0 fully saturated rings. The van der Waals surface area contributed by atoms with E-state index in [9.17, 15) is 4.79 Å². The van der Waals surface area contributed by atoms with E-state index in [1.54, 1.807) is 25.2 Å². The third kappa shape index (κ3) is 3.45. The van der Waals surface area contributed by atoms with Gasteiger partial charge in [0.05, 0.1) is 17.3 Å². The third-order valence-electron chi connectivity index (χ3n) is 3.88. The van der Waals surface area contributed by atoms with Crippen molar-refractivity contribution >= 4 is 11.6 Å². The fraction of sp³-hybridized carbons (Fsp3) is 0.211. The summed E-state index contributed by atoms with van der Waals surface area (Å²) >= 11 is 0. The fourth-order valence-corrected chi connectivity index (χ4v) is 2.58. The number of nitrogens with zero attached hydrogens (tertiary/aromatic N) is 4. The molecule has 6 nitrogen and oxygen atoms in total. The van der Waals surface area contributed by atoms with E-state index < -0.39 is 0 Å².